The van der Waals surface area contributed by atoms with Crippen molar-refractivity contribution in [1.82, 2.24) is 5.32 Å². The van der Waals surface area contributed by atoms with Crippen LogP contribution in [0.2, 0.25) is 5.02 Å². The number of amides is 2. The predicted molar refractivity (Wildman–Crippen MR) is 103 cm³/mol. The van der Waals surface area contributed by atoms with E-state index in [1.807, 2.05) is 0 Å². The lowest BCUT2D eigenvalue weighted by atomic mass is 10.0. The van der Waals surface area contributed by atoms with Gasteiger partial charge in [0, 0.05) is 17.6 Å². The van der Waals surface area contributed by atoms with Gasteiger partial charge in [0.05, 0.1) is 26.0 Å². The molecule has 0 aliphatic heterocycles. The third kappa shape index (κ3) is 6.42. The second-order valence-electron chi connectivity index (χ2n) is 5.98. The summed E-state index contributed by atoms with van der Waals surface area (Å²) in [4.78, 5) is 35.2. The molecule has 1 atom stereocenters. The fourth-order valence-electron chi connectivity index (χ4n) is 2.59. The standard InChI is InChI=1S/C20H21ClN2O4/c1-13(24)22-15-9-7-14(8-10-15)11-19(25)23-18(12-20(26)27-2)16-5-3-4-6-17(16)21/h3-10,18H,11-12H2,1-2H3,(H,22,24)(H,23,25). The number of nitrogens with one attached hydrogen (secondary N) is 2. The highest BCUT2D eigenvalue weighted by molar-refractivity contribution is 6.31. The summed E-state index contributed by atoms with van der Waals surface area (Å²) in [7, 11) is 1.30. The van der Waals surface area contributed by atoms with Gasteiger partial charge in [0.25, 0.3) is 0 Å². The van der Waals surface area contributed by atoms with E-state index in [0.717, 1.165) is 5.56 Å². The molecular weight excluding hydrogens is 368 g/mol. The topological polar surface area (TPSA) is 84.5 Å². The zero-order valence-corrected chi connectivity index (χ0v) is 15.9. The van der Waals surface area contributed by atoms with Crippen LogP contribution in [0.4, 0.5) is 5.69 Å². The molecule has 0 aliphatic rings. The van der Waals surface area contributed by atoms with Gasteiger partial charge in [0.15, 0.2) is 0 Å². The van der Waals surface area contributed by atoms with Gasteiger partial charge in [-0.15, -0.1) is 0 Å². The van der Waals surface area contributed by atoms with Crippen molar-refractivity contribution in [1.29, 1.82) is 0 Å². The summed E-state index contributed by atoms with van der Waals surface area (Å²) in [5.41, 5.74) is 2.09. The largest absolute Gasteiger partial charge is 0.469 e. The van der Waals surface area contributed by atoms with E-state index < -0.39 is 12.0 Å². The zero-order chi connectivity index (χ0) is 19.8. The molecule has 6 nitrogen and oxygen atoms in total. The second kappa shape index (κ2) is 9.73. The molecule has 0 heterocycles. The average Bonchev–Trinajstić information content (AvgIpc) is 2.62. The van der Waals surface area contributed by atoms with Gasteiger partial charge in [-0.05, 0) is 29.3 Å². The first-order valence-electron chi connectivity index (χ1n) is 8.36. The lowest BCUT2D eigenvalue weighted by molar-refractivity contribution is -0.141. The summed E-state index contributed by atoms with van der Waals surface area (Å²) in [6.07, 6.45) is 0.107. The van der Waals surface area contributed by atoms with Gasteiger partial charge in [-0.2, -0.15) is 0 Å². The van der Waals surface area contributed by atoms with Crippen LogP contribution in [0.3, 0.4) is 0 Å². The fourth-order valence-corrected chi connectivity index (χ4v) is 2.85. The molecule has 2 rings (SSSR count). The minimum absolute atomic E-state index is 0.0204. The molecule has 2 N–H and O–H groups in total. The van der Waals surface area contributed by atoms with E-state index in [-0.39, 0.29) is 24.7 Å². The first-order chi connectivity index (χ1) is 12.9. The Bertz CT molecular complexity index is 821. The normalized spacial score (nSPS) is 11.4. The van der Waals surface area contributed by atoms with Gasteiger partial charge in [0.1, 0.15) is 0 Å². The third-order valence-corrected chi connectivity index (χ3v) is 4.20. The van der Waals surface area contributed by atoms with Crippen LogP contribution in [-0.2, 0) is 25.5 Å². The SMILES string of the molecule is COC(=O)CC(NC(=O)Cc1ccc(NC(C)=O)cc1)c1ccccc1Cl. The van der Waals surface area contributed by atoms with Crippen molar-refractivity contribution in [3.8, 4) is 0 Å². The number of ether oxygens (including phenoxy) is 1. The fraction of sp³-hybridized carbons (Fsp3) is 0.250. The third-order valence-electron chi connectivity index (χ3n) is 3.85. The van der Waals surface area contributed by atoms with Crippen LogP contribution in [-0.4, -0.2) is 24.9 Å². The van der Waals surface area contributed by atoms with Crippen molar-refractivity contribution in [2.45, 2.75) is 25.8 Å². The van der Waals surface area contributed by atoms with Gasteiger partial charge >= 0.3 is 5.97 Å². The molecule has 0 fully saturated rings. The molecule has 2 amide bonds. The lowest BCUT2D eigenvalue weighted by Gasteiger charge is -2.19. The summed E-state index contributed by atoms with van der Waals surface area (Å²) in [5.74, 6) is -0.859. The highest BCUT2D eigenvalue weighted by Gasteiger charge is 2.21. The minimum atomic E-state index is -0.586. The number of hydrogen-bond donors (Lipinski definition) is 2. The number of methoxy groups -OCH3 is 1. The molecule has 7 heteroatoms. The Kier molecular flexibility index (Phi) is 7.37. The first kappa shape index (κ1) is 20.5. The highest BCUT2D eigenvalue weighted by Crippen LogP contribution is 2.25. The molecule has 2 aromatic carbocycles. The Labute approximate surface area is 162 Å². The Balaban J connectivity index is 2.08. The van der Waals surface area contributed by atoms with Crippen molar-refractivity contribution < 1.29 is 19.1 Å². The second-order valence-corrected chi connectivity index (χ2v) is 6.38. The lowest BCUT2D eigenvalue weighted by Crippen LogP contribution is -2.31. The average molecular weight is 389 g/mol. The quantitative estimate of drug-likeness (QED) is 0.713. The number of halogens is 1. The number of rotatable bonds is 7. The molecule has 142 valence electrons. The molecule has 0 spiro atoms. The van der Waals surface area contributed by atoms with Gasteiger partial charge < -0.3 is 15.4 Å². The van der Waals surface area contributed by atoms with E-state index in [4.69, 9.17) is 16.3 Å². The summed E-state index contributed by atoms with van der Waals surface area (Å²) >= 11 is 6.21. The molecule has 0 saturated heterocycles. The maximum atomic E-state index is 12.5. The number of anilines is 1. The van der Waals surface area contributed by atoms with E-state index in [9.17, 15) is 14.4 Å². The van der Waals surface area contributed by atoms with Crippen molar-refractivity contribution in [2.24, 2.45) is 0 Å². The van der Waals surface area contributed by atoms with Crippen LogP contribution >= 0.6 is 11.6 Å². The Hall–Kier alpha value is -2.86. The Morgan fingerprint density at radius 2 is 1.74 bits per heavy atom. The first-order valence-corrected chi connectivity index (χ1v) is 8.74. The number of hydrogen-bond acceptors (Lipinski definition) is 4. The number of benzene rings is 2. The highest BCUT2D eigenvalue weighted by atomic mass is 35.5. The van der Waals surface area contributed by atoms with Gasteiger partial charge in [-0.3, -0.25) is 14.4 Å². The smallest absolute Gasteiger partial charge is 0.307 e. The van der Waals surface area contributed by atoms with Crippen LogP contribution in [0.1, 0.15) is 30.5 Å². The van der Waals surface area contributed by atoms with Crippen LogP contribution in [0, 0.1) is 0 Å². The van der Waals surface area contributed by atoms with Gasteiger partial charge in [-0.25, -0.2) is 0 Å². The van der Waals surface area contributed by atoms with E-state index in [1.165, 1.54) is 14.0 Å². The zero-order valence-electron chi connectivity index (χ0n) is 15.1. The maximum absolute atomic E-state index is 12.5. The van der Waals surface area contributed by atoms with Crippen molar-refractivity contribution >= 4 is 35.1 Å². The monoisotopic (exact) mass is 388 g/mol. The van der Waals surface area contributed by atoms with E-state index in [2.05, 4.69) is 10.6 Å². The summed E-state index contributed by atoms with van der Waals surface area (Å²) < 4.78 is 4.72. The molecule has 0 saturated carbocycles. The predicted octanol–water partition coefficient (Wildman–Crippen LogP) is 3.26. The molecule has 0 radical (unpaired) electrons. The molecule has 2 aromatic rings. The van der Waals surface area contributed by atoms with Crippen molar-refractivity contribution in [2.75, 3.05) is 12.4 Å². The van der Waals surface area contributed by atoms with Crippen LogP contribution in [0.5, 0.6) is 0 Å². The number of esters is 1. The molecule has 27 heavy (non-hydrogen) atoms. The van der Waals surface area contributed by atoms with Gasteiger partial charge in [0.2, 0.25) is 11.8 Å². The molecule has 0 bridgehead atoms. The molecule has 0 aliphatic carbocycles. The van der Waals surface area contributed by atoms with Crippen LogP contribution in [0.25, 0.3) is 0 Å². The van der Waals surface area contributed by atoms with Crippen molar-refractivity contribution in [3.05, 3.63) is 64.7 Å². The van der Waals surface area contributed by atoms with E-state index in [1.54, 1.807) is 48.5 Å². The van der Waals surface area contributed by atoms with Gasteiger partial charge in [-0.1, -0.05) is 41.9 Å². The minimum Gasteiger partial charge on any atom is -0.469 e. The number of carbonyl (C=O) groups excluding carboxylic acids is 3. The Morgan fingerprint density at radius 1 is 1.07 bits per heavy atom. The maximum Gasteiger partial charge on any atom is 0.307 e. The summed E-state index contributed by atoms with van der Waals surface area (Å²) in [6, 6.07) is 13.4. The molecule has 0 aromatic heterocycles. The van der Waals surface area contributed by atoms with E-state index >= 15 is 0 Å². The van der Waals surface area contributed by atoms with E-state index in [0.29, 0.717) is 16.3 Å². The summed E-state index contributed by atoms with van der Waals surface area (Å²) in [6.45, 7) is 1.43. The molecule has 1 unspecified atom stereocenters. The molecular formula is C20H21ClN2O4. The number of carbonyl (C=O) groups is 3. The van der Waals surface area contributed by atoms with Crippen LogP contribution in [0.15, 0.2) is 48.5 Å². The van der Waals surface area contributed by atoms with Crippen molar-refractivity contribution in [3.63, 3.8) is 0 Å². The van der Waals surface area contributed by atoms with Crippen LogP contribution < -0.4 is 10.6 Å². The summed E-state index contributed by atoms with van der Waals surface area (Å²) in [5, 5.41) is 5.97. The Morgan fingerprint density at radius 3 is 2.33 bits per heavy atom.